The Labute approximate surface area is 85.1 Å². The van der Waals surface area contributed by atoms with Crippen LogP contribution in [-0.2, 0) is 4.79 Å². The molecule has 0 aromatic carbocycles. The third-order valence-corrected chi connectivity index (χ3v) is 3.39. The van der Waals surface area contributed by atoms with Gasteiger partial charge in [0, 0.05) is 25.2 Å². The molecule has 0 saturated carbocycles. The van der Waals surface area contributed by atoms with Gasteiger partial charge >= 0.3 is 5.97 Å². The van der Waals surface area contributed by atoms with E-state index in [2.05, 4.69) is 11.8 Å². The molecule has 0 aliphatic carbocycles. The first-order valence-corrected chi connectivity index (χ1v) is 5.16. The summed E-state index contributed by atoms with van der Waals surface area (Å²) in [5, 5.41) is 8.89. The van der Waals surface area contributed by atoms with Crippen molar-refractivity contribution >= 4 is 5.97 Å². The van der Waals surface area contributed by atoms with Gasteiger partial charge in [-0.2, -0.15) is 0 Å². The van der Waals surface area contributed by atoms with Crippen LogP contribution in [0, 0.1) is 11.8 Å². The number of nitrogens with zero attached hydrogens (tertiary/aromatic N) is 1. The third kappa shape index (κ3) is 2.25. The largest absolute Gasteiger partial charge is 0.481 e. The minimum atomic E-state index is -0.731. The van der Waals surface area contributed by atoms with Gasteiger partial charge in [0.25, 0.3) is 0 Å². The molecule has 0 aromatic rings. The SMILES string of the molecule is CC1CN(C(C)C(C)C(=O)O)CC1N. The Morgan fingerprint density at radius 3 is 2.43 bits per heavy atom. The van der Waals surface area contributed by atoms with E-state index in [1.807, 2.05) is 6.92 Å². The first kappa shape index (κ1) is 11.5. The van der Waals surface area contributed by atoms with Crippen LogP contribution in [0.15, 0.2) is 0 Å². The molecule has 4 unspecified atom stereocenters. The Hall–Kier alpha value is -0.610. The maximum absolute atomic E-state index is 10.8. The van der Waals surface area contributed by atoms with Crippen molar-refractivity contribution in [3.05, 3.63) is 0 Å². The second-order valence-corrected chi connectivity index (χ2v) is 4.46. The van der Waals surface area contributed by atoms with E-state index in [0.29, 0.717) is 5.92 Å². The smallest absolute Gasteiger partial charge is 0.307 e. The Morgan fingerprint density at radius 2 is 2.07 bits per heavy atom. The second-order valence-electron chi connectivity index (χ2n) is 4.46. The Bertz CT molecular complexity index is 210. The van der Waals surface area contributed by atoms with Crippen LogP contribution in [0.3, 0.4) is 0 Å². The van der Waals surface area contributed by atoms with Gasteiger partial charge in [-0.1, -0.05) is 13.8 Å². The Morgan fingerprint density at radius 1 is 1.50 bits per heavy atom. The standard InChI is InChI=1S/C10H20N2O2/c1-6-4-12(5-9(6)11)8(3)7(2)10(13)14/h6-9H,4-5,11H2,1-3H3,(H,13,14). The summed E-state index contributed by atoms with van der Waals surface area (Å²) in [4.78, 5) is 13.0. The molecule has 1 rings (SSSR count). The zero-order valence-corrected chi connectivity index (χ0v) is 9.10. The van der Waals surface area contributed by atoms with Crippen LogP contribution in [0.1, 0.15) is 20.8 Å². The van der Waals surface area contributed by atoms with E-state index in [0.717, 1.165) is 13.1 Å². The highest BCUT2D eigenvalue weighted by Gasteiger charge is 2.33. The van der Waals surface area contributed by atoms with Gasteiger partial charge in [0.2, 0.25) is 0 Å². The molecule has 0 bridgehead atoms. The number of hydrogen-bond acceptors (Lipinski definition) is 3. The van der Waals surface area contributed by atoms with E-state index in [1.54, 1.807) is 6.92 Å². The molecule has 4 atom stereocenters. The molecule has 4 heteroatoms. The number of hydrogen-bond donors (Lipinski definition) is 2. The van der Waals surface area contributed by atoms with Crippen molar-refractivity contribution in [2.75, 3.05) is 13.1 Å². The molecule has 82 valence electrons. The molecular weight excluding hydrogens is 180 g/mol. The fourth-order valence-electron chi connectivity index (χ4n) is 1.89. The lowest BCUT2D eigenvalue weighted by atomic mass is 10.0. The summed E-state index contributed by atoms with van der Waals surface area (Å²) in [6, 6.07) is 0.266. The van der Waals surface area contributed by atoms with Gasteiger partial charge in [0.1, 0.15) is 0 Å². The van der Waals surface area contributed by atoms with Gasteiger partial charge in [0.05, 0.1) is 5.92 Å². The predicted octanol–water partition coefficient (Wildman–Crippen LogP) is 0.375. The number of nitrogens with two attached hydrogens (primary N) is 1. The van der Waals surface area contributed by atoms with Crippen molar-refractivity contribution in [1.29, 1.82) is 0 Å². The molecule has 1 aliphatic heterocycles. The third-order valence-electron chi connectivity index (χ3n) is 3.39. The highest BCUT2D eigenvalue weighted by molar-refractivity contribution is 5.70. The van der Waals surface area contributed by atoms with E-state index >= 15 is 0 Å². The predicted molar refractivity (Wildman–Crippen MR) is 55.0 cm³/mol. The average Bonchev–Trinajstić information content (AvgIpc) is 2.44. The first-order chi connectivity index (χ1) is 6.43. The van der Waals surface area contributed by atoms with Gasteiger partial charge in [-0.05, 0) is 12.8 Å². The van der Waals surface area contributed by atoms with Crippen LogP contribution in [-0.4, -0.2) is 41.1 Å². The Kier molecular flexibility index (Phi) is 3.50. The summed E-state index contributed by atoms with van der Waals surface area (Å²) in [6.07, 6.45) is 0. The Balaban J connectivity index is 2.54. The molecular formula is C10H20N2O2. The molecule has 1 aliphatic rings. The topological polar surface area (TPSA) is 66.6 Å². The zero-order chi connectivity index (χ0) is 10.9. The quantitative estimate of drug-likeness (QED) is 0.691. The summed E-state index contributed by atoms with van der Waals surface area (Å²) in [7, 11) is 0. The maximum Gasteiger partial charge on any atom is 0.307 e. The second kappa shape index (κ2) is 4.28. The number of rotatable bonds is 3. The number of carboxylic acid groups (broad SMARTS) is 1. The van der Waals surface area contributed by atoms with Gasteiger partial charge in [-0.15, -0.1) is 0 Å². The lowest BCUT2D eigenvalue weighted by molar-refractivity contribution is -0.143. The van der Waals surface area contributed by atoms with Crippen LogP contribution >= 0.6 is 0 Å². The number of aliphatic carboxylic acids is 1. The van der Waals surface area contributed by atoms with Crippen molar-refractivity contribution in [1.82, 2.24) is 4.90 Å². The summed E-state index contributed by atoms with van der Waals surface area (Å²) in [5.74, 6) is -0.587. The van der Waals surface area contributed by atoms with Crippen LogP contribution in [0.4, 0.5) is 0 Å². The molecule has 3 N–H and O–H groups in total. The van der Waals surface area contributed by atoms with Crippen molar-refractivity contribution in [2.24, 2.45) is 17.6 Å². The van der Waals surface area contributed by atoms with Crippen LogP contribution < -0.4 is 5.73 Å². The molecule has 0 radical (unpaired) electrons. The van der Waals surface area contributed by atoms with Crippen molar-refractivity contribution in [2.45, 2.75) is 32.9 Å². The molecule has 14 heavy (non-hydrogen) atoms. The fraction of sp³-hybridized carbons (Fsp3) is 0.900. The molecule has 0 aromatic heterocycles. The van der Waals surface area contributed by atoms with Crippen molar-refractivity contribution < 1.29 is 9.90 Å². The summed E-state index contributed by atoms with van der Waals surface area (Å²) in [6.45, 7) is 7.56. The summed E-state index contributed by atoms with van der Waals surface area (Å²) in [5.41, 5.74) is 5.89. The van der Waals surface area contributed by atoms with E-state index < -0.39 is 5.97 Å². The molecule has 0 spiro atoms. The highest BCUT2D eigenvalue weighted by atomic mass is 16.4. The van der Waals surface area contributed by atoms with E-state index in [4.69, 9.17) is 10.8 Å². The van der Waals surface area contributed by atoms with Crippen LogP contribution in [0.5, 0.6) is 0 Å². The monoisotopic (exact) mass is 200 g/mol. The summed E-state index contributed by atoms with van der Waals surface area (Å²) < 4.78 is 0. The molecule has 1 heterocycles. The van der Waals surface area contributed by atoms with Crippen molar-refractivity contribution in [3.8, 4) is 0 Å². The molecule has 0 amide bonds. The molecule has 1 fully saturated rings. The minimum absolute atomic E-state index is 0.0727. The highest BCUT2D eigenvalue weighted by Crippen LogP contribution is 2.20. The van der Waals surface area contributed by atoms with Gasteiger partial charge < -0.3 is 10.8 Å². The maximum atomic E-state index is 10.8. The minimum Gasteiger partial charge on any atom is -0.481 e. The number of carboxylic acids is 1. The summed E-state index contributed by atoms with van der Waals surface area (Å²) >= 11 is 0. The fourth-order valence-corrected chi connectivity index (χ4v) is 1.89. The zero-order valence-electron chi connectivity index (χ0n) is 9.10. The average molecular weight is 200 g/mol. The van der Waals surface area contributed by atoms with Crippen LogP contribution in [0.25, 0.3) is 0 Å². The lowest BCUT2D eigenvalue weighted by Gasteiger charge is -2.27. The normalized spacial score (nSPS) is 32.9. The molecule has 4 nitrogen and oxygen atoms in total. The lowest BCUT2D eigenvalue weighted by Crippen LogP contribution is -2.40. The van der Waals surface area contributed by atoms with Crippen LogP contribution in [0.2, 0.25) is 0 Å². The van der Waals surface area contributed by atoms with E-state index in [1.165, 1.54) is 0 Å². The van der Waals surface area contributed by atoms with Crippen molar-refractivity contribution in [3.63, 3.8) is 0 Å². The first-order valence-electron chi connectivity index (χ1n) is 5.16. The van der Waals surface area contributed by atoms with Gasteiger partial charge in [0.15, 0.2) is 0 Å². The molecule has 1 saturated heterocycles. The van der Waals surface area contributed by atoms with Gasteiger partial charge in [-0.25, -0.2) is 0 Å². The number of carbonyl (C=O) groups is 1. The van der Waals surface area contributed by atoms with E-state index in [9.17, 15) is 4.79 Å². The van der Waals surface area contributed by atoms with E-state index in [-0.39, 0.29) is 18.0 Å². The number of likely N-dealkylation sites (tertiary alicyclic amines) is 1. The van der Waals surface area contributed by atoms with Gasteiger partial charge in [-0.3, -0.25) is 9.69 Å².